The van der Waals surface area contributed by atoms with Gasteiger partial charge in [0.1, 0.15) is 0 Å². The van der Waals surface area contributed by atoms with Gasteiger partial charge >= 0.3 is 0 Å². The minimum atomic E-state index is 0.969. The lowest BCUT2D eigenvalue weighted by molar-refractivity contribution is 0.416. The molecule has 14 heavy (non-hydrogen) atoms. The lowest BCUT2D eigenvalue weighted by atomic mass is 9.92. The van der Waals surface area contributed by atoms with Gasteiger partial charge in [0.25, 0.3) is 0 Å². The van der Waals surface area contributed by atoms with Crippen molar-refractivity contribution in [2.75, 3.05) is 0 Å². The van der Waals surface area contributed by atoms with E-state index in [1.54, 1.807) is 5.57 Å². The van der Waals surface area contributed by atoms with E-state index in [1.165, 1.54) is 44.9 Å². The van der Waals surface area contributed by atoms with E-state index in [0.29, 0.717) is 0 Å². The molecule has 0 spiro atoms. The molecule has 0 aliphatic carbocycles. The number of rotatable bonds is 8. The molecule has 0 bridgehead atoms. The monoisotopic (exact) mass is 196 g/mol. The Balaban J connectivity index is 3.57. The summed E-state index contributed by atoms with van der Waals surface area (Å²) in [5.41, 5.74) is 1.55. The van der Waals surface area contributed by atoms with Crippen LogP contribution in [0.2, 0.25) is 0 Å². The molecule has 0 aliphatic heterocycles. The standard InChI is InChI=1S/C14H28/c1-5-8-9-10-14(7-3)12-11-13(4)6-2/h6,14H,5,7-12H2,1-4H3. The van der Waals surface area contributed by atoms with Crippen molar-refractivity contribution in [3.63, 3.8) is 0 Å². The minimum Gasteiger partial charge on any atom is -0.0887 e. The highest BCUT2D eigenvalue weighted by Gasteiger charge is 2.05. The molecule has 0 aromatic rings. The minimum absolute atomic E-state index is 0.969. The van der Waals surface area contributed by atoms with Crippen LogP contribution in [0.1, 0.15) is 72.6 Å². The first kappa shape index (κ1) is 13.7. The summed E-state index contributed by atoms with van der Waals surface area (Å²) in [5.74, 6) is 0.969. The van der Waals surface area contributed by atoms with Gasteiger partial charge in [0.2, 0.25) is 0 Å². The zero-order valence-corrected chi connectivity index (χ0v) is 10.6. The van der Waals surface area contributed by atoms with Crippen molar-refractivity contribution >= 4 is 0 Å². The molecule has 0 fully saturated rings. The van der Waals surface area contributed by atoms with Crippen molar-refractivity contribution in [1.82, 2.24) is 0 Å². The first-order valence-electron chi connectivity index (χ1n) is 6.36. The van der Waals surface area contributed by atoms with E-state index < -0.39 is 0 Å². The van der Waals surface area contributed by atoms with Gasteiger partial charge in [-0.25, -0.2) is 0 Å². The number of allylic oxidation sites excluding steroid dienone is 2. The van der Waals surface area contributed by atoms with Crippen LogP contribution in [0.25, 0.3) is 0 Å². The second-order valence-corrected chi connectivity index (χ2v) is 4.44. The Labute approximate surface area is 90.8 Å². The molecule has 0 heterocycles. The van der Waals surface area contributed by atoms with Crippen LogP contribution in [0.5, 0.6) is 0 Å². The van der Waals surface area contributed by atoms with Crippen molar-refractivity contribution in [3.05, 3.63) is 11.6 Å². The lowest BCUT2D eigenvalue weighted by Gasteiger charge is -2.14. The van der Waals surface area contributed by atoms with E-state index >= 15 is 0 Å². The maximum Gasteiger partial charge on any atom is -0.0321 e. The summed E-state index contributed by atoms with van der Waals surface area (Å²) < 4.78 is 0. The molecule has 1 unspecified atom stereocenters. The molecule has 0 aromatic heterocycles. The lowest BCUT2D eigenvalue weighted by Crippen LogP contribution is -1.99. The van der Waals surface area contributed by atoms with Gasteiger partial charge in [0, 0.05) is 0 Å². The van der Waals surface area contributed by atoms with E-state index in [4.69, 9.17) is 0 Å². The highest BCUT2D eigenvalue weighted by atomic mass is 14.1. The Kier molecular flexibility index (Phi) is 9.13. The van der Waals surface area contributed by atoms with Crippen LogP contribution in [0.15, 0.2) is 11.6 Å². The molecule has 0 nitrogen and oxygen atoms in total. The van der Waals surface area contributed by atoms with Crippen molar-refractivity contribution in [1.29, 1.82) is 0 Å². The van der Waals surface area contributed by atoms with E-state index in [0.717, 1.165) is 5.92 Å². The molecule has 0 aliphatic rings. The summed E-state index contributed by atoms with van der Waals surface area (Å²) in [6.07, 6.45) is 12.0. The van der Waals surface area contributed by atoms with Crippen molar-refractivity contribution < 1.29 is 0 Å². The van der Waals surface area contributed by atoms with Crippen LogP contribution in [-0.4, -0.2) is 0 Å². The molecular weight excluding hydrogens is 168 g/mol. The van der Waals surface area contributed by atoms with E-state index in [1.807, 2.05) is 0 Å². The second kappa shape index (κ2) is 9.30. The Morgan fingerprint density at radius 1 is 1.14 bits per heavy atom. The van der Waals surface area contributed by atoms with Gasteiger partial charge in [-0.2, -0.15) is 0 Å². The average molecular weight is 196 g/mol. The van der Waals surface area contributed by atoms with Gasteiger partial charge in [0.05, 0.1) is 0 Å². The highest BCUT2D eigenvalue weighted by molar-refractivity contribution is 4.95. The predicted octanol–water partition coefficient (Wildman–Crippen LogP) is 5.34. The number of unbranched alkanes of at least 4 members (excludes halogenated alkanes) is 2. The summed E-state index contributed by atoms with van der Waals surface area (Å²) in [6, 6.07) is 0. The fourth-order valence-electron chi connectivity index (χ4n) is 1.81. The number of hydrogen-bond donors (Lipinski definition) is 0. The normalized spacial score (nSPS) is 14.4. The molecule has 0 rings (SSSR count). The summed E-state index contributed by atoms with van der Waals surface area (Å²) >= 11 is 0. The van der Waals surface area contributed by atoms with Crippen LogP contribution in [-0.2, 0) is 0 Å². The molecule has 0 radical (unpaired) electrons. The molecule has 1 atom stereocenters. The smallest absolute Gasteiger partial charge is 0.0321 e. The molecule has 84 valence electrons. The molecular formula is C14H28. The van der Waals surface area contributed by atoms with Gasteiger partial charge in [-0.15, -0.1) is 0 Å². The fraction of sp³-hybridized carbons (Fsp3) is 0.857. The van der Waals surface area contributed by atoms with Crippen molar-refractivity contribution in [2.45, 2.75) is 72.6 Å². The summed E-state index contributed by atoms with van der Waals surface area (Å²) in [7, 11) is 0. The largest absolute Gasteiger partial charge is 0.0887 e. The topological polar surface area (TPSA) is 0 Å². The Morgan fingerprint density at radius 2 is 1.86 bits per heavy atom. The van der Waals surface area contributed by atoms with Crippen LogP contribution in [0.3, 0.4) is 0 Å². The third kappa shape index (κ3) is 7.17. The zero-order valence-electron chi connectivity index (χ0n) is 10.6. The summed E-state index contributed by atoms with van der Waals surface area (Å²) in [6.45, 7) is 9.01. The molecule has 0 heteroatoms. The molecule has 0 amide bonds. The van der Waals surface area contributed by atoms with E-state index in [9.17, 15) is 0 Å². The molecule has 0 saturated carbocycles. The first-order valence-corrected chi connectivity index (χ1v) is 6.36. The summed E-state index contributed by atoms with van der Waals surface area (Å²) in [5, 5.41) is 0. The molecule has 0 aromatic carbocycles. The van der Waals surface area contributed by atoms with Gasteiger partial charge in [0.15, 0.2) is 0 Å². The van der Waals surface area contributed by atoms with Gasteiger partial charge in [-0.3, -0.25) is 0 Å². The quantitative estimate of drug-likeness (QED) is 0.363. The average Bonchev–Trinajstić information content (AvgIpc) is 2.22. The Bertz CT molecular complexity index is 144. The van der Waals surface area contributed by atoms with Crippen LogP contribution in [0.4, 0.5) is 0 Å². The van der Waals surface area contributed by atoms with Crippen LogP contribution in [0, 0.1) is 5.92 Å². The molecule has 0 saturated heterocycles. The zero-order chi connectivity index (χ0) is 10.8. The Hall–Kier alpha value is -0.260. The molecule has 0 N–H and O–H groups in total. The third-order valence-electron chi connectivity index (χ3n) is 3.23. The van der Waals surface area contributed by atoms with Crippen LogP contribution >= 0.6 is 0 Å². The Morgan fingerprint density at radius 3 is 2.36 bits per heavy atom. The predicted molar refractivity (Wildman–Crippen MR) is 66.6 cm³/mol. The van der Waals surface area contributed by atoms with Gasteiger partial charge in [-0.1, -0.05) is 57.6 Å². The maximum atomic E-state index is 2.33. The highest BCUT2D eigenvalue weighted by Crippen LogP contribution is 2.21. The van der Waals surface area contributed by atoms with E-state index in [-0.39, 0.29) is 0 Å². The van der Waals surface area contributed by atoms with Gasteiger partial charge in [-0.05, 0) is 32.6 Å². The van der Waals surface area contributed by atoms with Crippen molar-refractivity contribution in [2.24, 2.45) is 5.92 Å². The SMILES string of the molecule is CC=C(C)CCC(CC)CCCCC. The first-order chi connectivity index (χ1) is 6.74. The maximum absolute atomic E-state index is 2.33. The summed E-state index contributed by atoms with van der Waals surface area (Å²) in [4.78, 5) is 0. The van der Waals surface area contributed by atoms with Crippen molar-refractivity contribution in [3.8, 4) is 0 Å². The van der Waals surface area contributed by atoms with Gasteiger partial charge < -0.3 is 0 Å². The fourth-order valence-corrected chi connectivity index (χ4v) is 1.81. The second-order valence-electron chi connectivity index (χ2n) is 4.44. The number of hydrogen-bond acceptors (Lipinski definition) is 0. The third-order valence-corrected chi connectivity index (χ3v) is 3.23. The van der Waals surface area contributed by atoms with E-state index in [2.05, 4.69) is 33.8 Å². The van der Waals surface area contributed by atoms with Crippen LogP contribution < -0.4 is 0 Å².